The largest absolute Gasteiger partial charge is 0.392 e. The van der Waals surface area contributed by atoms with Gasteiger partial charge in [0, 0.05) is 0 Å². The fraction of sp³-hybridized carbons (Fsp3) is 0.250. The van der Waals surface area contributed by atoms with Crippen LogP contribution in [0.15, 0.2) is 36.4 Å². The Balaban J connectivity index is 2.69. The number of aliphatic hydroxyl groups excluding tert-OH is 2. The quantitative estimate of drug-likeness (QED) is 0.451. The van der Waals surface area contributed by atoms with Crippen LogP contribution in [0.4, 0.5) is 0 Å². The van der Waals surface area contributed by atoms with E-state index in [1.165, 1.54) is 13.0 Å². The molecular weight excluding hydrogens is 256 g/mol. The predicted octanol–water partition coefficient (Wildman–Crippen LogP) is 1.79. The summed E-state index contributed by atoms with van der Waals surface area (Å²) in [7, 11) is 0. The van der Waals surface area contributed by atoms with Gasteiger partial charge in [-0.15, -0.1) is 0 Å². The van der Waals surface area contributed by atoms with Crippen molar-refractivity contribution in [2.75, 3.05) is 0 Å². The zero-order chi connectivity index (χ0) is 15.0. The Labute approximate surface area is 118 Å². The minimum atomic E-state index is -0.228. The number of ketones is 2. The molecule has 0 amide bonds. The monoisotopic (exact) mass is 274 g/mol. The Hall–Kier alpha value is -2.04. The van der Waals surface area contributed by atoms with Crippen LogP contribution in [0.2, 0.25) is 0 Å². The normalized spacial score (nSPS) is 11.3. The third kappa shape index (κ3) is 5.30. The van der Waals surface area contributed by atoms with Gasteiger partial charge in [0.05, 0.1) is 19.6 Å². The van der Waals surface area contributed by atoms with E-state index in [2.05, 4.69) is 0 Å². The van der Waals surface area contributed by atoms with Crippen molar-refractivity contribution >= 4 is 17.6 Å². The van der Waals surface area contributed by atoms with Crippen LogP contribution in [0.1, 0.15) is 30.0 Å². The molecule has 1 rings (SSSR count). The minimum absolute atomic E-state index is 0.0792. The van der Waals surface area contributed by atoms with Crippen LogP contribution in [0, 0.1) is 0 Å². The van der Waals surface area contributed by atoms with Gasteiger partial charge in [-0.25, -0.2) is 0 Å². The lowest BCUT2D eigenvalue weighted by Crippen LogP contribution is -1.99. The van der Waals surface area contributed by atoms with Crippen LogP contribution in [0.25, 0.3) is 6.08 Å². The number of Topliss-reactive ketones (excluding diaryl/α,β-unsaturated/α-hetero) is 1. The van der Waals surface area contributed by atoms with E-state index in [1.807, 2.05) is 6.07 Å². The van der Waals surface area contributed by atoms with E-state index >= 15 is 0 Å². The average Bonchev–Trinajstić information content (AvgIpc) is 2.42. The first-order valence-corrected chi connectivity index (χ1v) is 6.27. The molecule has 1 aromatic rings. The molecule has 0 fully saturated rings. The number of carbonyl (C=O) groups excluding carboxylic acids is 2. The molecule has 1 aromatic carbocycles. The van der Waals surface area contributed by atoms with Gasteiger partial charge in [0.2, 0.25) is 0 Å². The van der Waals surface area contributed by atoms with Crippen molar-refractivity contribution in [1.82, 2.24) is 0 Å². The molecule has 0 aliphatic rings. The van der Waals surface area contributed by atoms with E-state index < -0.39 is 0 Å². The molecule has 0 heterocycles. The number of hydrogen-bond acceptors (Lipinski definition) is 4. The van der Waals surface area contributed by atoms with Gasteiger partial charge in [0.25, 0.3) is 0 Å². The summed E-state index contributed by atoms with van der Waals surface area (Å²) in [5, 5.41) is 18.3. The number of aliphatic hydroxyl groups is 2. The minimum Gasteiger partial charge on any atom is -0.392 e. The standard InChI is InChI=1S/C16H18O4/c1-12(19)8-16(20)5-3-2-4-13-6-7-14(10-17)15(9-13)11-18/h2-7,9,17-18H,8,10-11H2,1H3/b4-2+,5-3+. The molecule has 4 heteroatoms. The van der Waals surface area contributed by atoms with Gasteiger partial charge in [0.15, 0.2) is 5.78 Å². The molecule has 0 aromatic heterocycles. The van der Waals surface area contributed by atoms with E-state index in [-0.39, 0.29) is 31.2 Å². The average molecular weight is 274 g/mol. The summed E-state index contributed by atoms with van der Waals surface area (Å²) >= 11 is 0. The maximum Gasteiger partial charge on any atom is 0.163 e. The first kappa shape index (κ1) is 16.0. The lowest BCUT2D eigenvalue weighted by Gasteiger charge is -2.05. The van der Waals surface area contributed by atoms with Crippen LogP contribution in [0.3, 0.4) is 0 Å². The van der Waals surface area contributed by atoms with E-state index in [0.29, 0.717) is 11.1 Å². The lowest BCUT2D eigenvalue weighted by atomic mass is 10.0. The Morgan fingerprint density at radius 3 is 2.40 bits per heavy atom. The molecule has 0 aliphatic heterocycles. The fourth-order valence-corrected chi connectivity index (χ4v) is 1.68. The molecule has 20 heavy (non-hydrogen) atoms. The Bertz CT molecular complexity index is 541. The SMILES string of the molecule is CC(=O)CC(=O)/C=C/C=C/c1ccc(CO)c(CO)c1. The van der Waals surface area contributed by atoms with Crippen molar-refractivity contribution in [3.05, 3.63) is 53.1 Å². The van der Waals surface area contributed by atoms with Crippen LogP contribution < -0.4 is 0 Å². The van der Waals surface area contributed by atoms with Gasteiger partial charge in [-0.3, -0.25) is 9.59 Å². The van der Waals surface area contributed by atoms with E-state index in [4.69, 9.17) is 5.11 Å². The third-order valence-corrected chi connectivity index (χ3v) is 2.68. The molecule has 106 valence electrons. The van der Waals surface area contributed by atoms with Crippen molar-refractivity contribution in [1.29, 1.82) is 0 Å². The highest BCUT2D eigenvalue weighted by molar-refractivity contribution is 6.03. The molecule has 0 saturated heterocycles. The maximum absolute atomic E-state index is 11.2. The first-order chi connectivity index (χ1) is 9.56. The molecule has 4 nitrogen and oxygen atoms in total. The molecule has 0 bridgehead atoms. The number of hydrogen-bond donors (Lipinski definition) is 2. The number of rotatable bonds is 7. The molecule has 0 unspecified atom stereocenters. The smallest absolute Gasteiger partial charge is 0.163 e. The van der Waals surface area contributed by atoms with Gasteiger partial charge in [-0.2, -0.15) is 0 Å². The van der Waals surface area contributed by atoms with Gasteiger partial charge >= 0.3 is 0 Å². The summed E-state index contributed by atoms with van der Waals surface area (Å²) in [5.41, 5.74) is 2.22. The Morgan fingerprint density at radius 1 is 1.10 bits per heavy atom. The van der Waals surface area contributed by atoms with Crippen molar-refractivity contribution in [3.8, 4) is 0 Å². The van der Waals surface area contributed by atoms with E-state index in [1.54, 1.807) is 30.4 Å². The molecule has 0 atom stereocenters. The maximum atomic E-state index is 11.2. The second kappa shape index (κ2) is 8.19. The molecule has 2 N–H and O–H groups in total. The molecule has 0 saturated carbocycles. The highest BCUT2D eigenvalue weighted by atomic mass is 16.3. The molecule has 0 radical (unpaired) electrons. The molecule has 0 aliphatic carbocycles. The van der Waals surface area contributed by atoms with Crippen LogP contribution in [-0.4, -0.2) is 21.8 Å². The number of carbonyl (C=O) groups is 2. The number of allylic oxidation sites excluding steroid dienone is 3. The van der Waals surface area contributed by atoms with Gasteiger partial charge < -0.3 is 10.2 Å². The summed E-state index contributed by atoms with van der Waals surface area (Å²) in [4.78, 5) is 22.0. The van der Waals surface area contributed by atoms with Crippen molar-refractivity contribution in [3.63, 3.8) is 0 Å². The zero-order valence-electron chi connectivity index (χ0n) is 11.4. The van der Waals surface area contributed by atoms with E-state index in [0.717, 1.165) is 5.56 Å². The Morgan fingerprint density at radius 2 is 1.80 bits per heavy atom. The molecular formula is C16H18O4. The van der Waals surface area contributed by atoms with Crippen molar-refractivity contribution in [2.24, 2.45) is 0 Å². The second-order valence-electron chi connectivity index (χ2n) is 4.41. The lowest BCUT2D eigenvalue weighted by molar-refractivity contribution is -0.123. The number of benzene rings is 1. The summed E-state index contributed by atoms with van der Waals surface area (Å²) in [6.07, 6.45) is 6.31. The third-order valence-electron chi connectivity index (χ3n) is 2.68. The zero-order valence-corrected chi connectivity index (χ0v) is 11.4. The van der Waals surface area contributed by atoms with Crippen LogP contribution >= 0.6 is 0 Å². The predicted molar refractivity (Wildman–Crippen MR) is 76.8 cm³/mol. The van der Waals surface area contributed by atoms with Crippen molar-refractivity contribution in [2.45, 2.75) is 26.6 Å². The van der Waals surface area contributed by atoms with Gasteiger partial charge in [0.1, 0.15) is 5.78 Å². The topological polar surface area (TPSA) is 74.6 Å². The van der Waals surface area contributed by atoms with E-state index in [9.17, 15) is 14.7 Å². The highest BCUT2D eigenvalue weighted by Gasteiger charge is 2.01. The summed E-state index contributed by atoms with van der Waals surface area (Å²) in [5.74, 6) is -0.385. The summed E-state index contributed by atoms with van der Waals surface area (Å²) in [6, 6.07) is 5.33. The van der Waals surface area contributed by atoms with Crippen molar-refractivity contribution < 1.29 is 19.8 Å². The van der Waals surface area contributed by atoms with Crippen LogP contribution in [-0.2, 0) is 22.8 Å². The van der Waals surface area contributed by atoms with Gasteiger partial charge in [-0.05, 0) is 35.8 Å². The highest BCUT2D eigenvalue weighted by Crippen LogP contribution is 2.13. The molecule has 0 spiro atoms. The fourth-order valence-electron chi connectivity index (χ4n) is 1.68. The summed E-state index contributed by atoms with van der Waals surface area (Å²) in [6.45, 7) is 1.13. The van der Waals surface area contributed by atoms with Crippen LogP contribution in [0.5, 0.6) is 0 Å². The Kier molecular flexibility index (Phi) is 6.56. The first-order valence-electron chi connectivity index (χ1n) is 6.27. The summed E-state index contributed by atoms with van der Waals surface area (Å²) < 4.78 is 0. The second-order valence-corrected chi connectivity index (χ2v) is 4.41. The van der Waals surface area contributed by atoms with Gasteiger partial charge in [-0.1, -0.05) is 30.4 Å².